The SMILES string of the molecule is CCCCCCCCCCC/C=C\C/C=C\CCCCCCCC(O)CC(=O)NC(COP(=O)(O)OC1C(O)C(O)C(O)C(O)C1O)C(O)CCCCCCCCCCCCCCCCCCCCCC. The second-order valence-electron chi connectivity index (χ2n) is 21.0. The third kappa shape index (κ3) is 37.2. The number of unbranched alkanes of at least 4 members (excludes halogenated alkanes) is 33. The molecule has 0 aromatic heterocycles. The molecule has 14 heteroatoms. The van der Waals surface area contributed by atoms with Crippen LogP contribution in [0.4, 0.5) is 0 Å². The molecule has 13 nitrogen and oxygen atoms in total. The van der Waals surface area contributed by atoms with Gasteiger partial charge in [-0.2, -0.15) is 0 Å². The highest BCUT2D eigenvalue weighted by molar-refractivity contribution is 7.47. The number of allylic oxidation sites excluding steroid dienone is 4. The summed E-state index contributed by atoms with van der Waals surface area (Å²) in [4.78, 5) is 23.6. The van der Waals surface area contributed by atoms with Gasteiger partial charge < -0.3 is 46.0 Å². The van der Waals surface area contributed by atoms with Crippen LogP contribution in [0.2, 0.25) is 0 Å². The zero-order valence-corrected chi connectivity index (χ0v) is 46.0. The number of carbonyl (C=O) groups is 1. The van der Waals surface area contributed by atoms with Crippen molar-refractivity contribution in [2.45, 2.75) is 326 Å². The van der Waals surface area contributed by atoms with Gasteiger partial charge in [0.05, 0.1) is 31.3 Å². The van der Waals surface area contributed by atoms with E-state index in [9.17, 15) is 50.0 Å². The fourth-order valence-electron chi connectivity index (χ4n) is 9.57. The Hall–Kier alpha value is -1.22. The highest BCUT2D eigenvalue weighted by atomic mass is 31.2. The number of rotatable bonds is 50. The van der Waals surface area contributed by atoms with Crippen molar-refractivity contribution in [2.24, 2.45) is 0 Å². The lowest BCUT2D eigenvalue weighted by Gasteiger charge is -2.41. The van der Waals surface area contributed by atoms with Gasteiger partial charge in [-0.3, -0.25) is 13.8 Å². The molecule has 1 fully saturated rings. The number of aliphatic hydroxyl groups excluding tert-OH is 7. The summed E-state index contributed by atoms with van der Waals surface area (Å²) >= 11 is 0. The Balaban J connectivity index is 2.40. The summed E-state index contributed by atoms with van der Waals surface area (Å²) in [6.45, 7) is 3.84. The second kappa shape index (κ2) is 46.1. The molecule has 0 radical (unpaired) electrons. The first kappa shape index (κ1) is 67.8. The summed E-state index contributed by atoms with van der Waals surface area (Å²) < 4.78 is 23.1. The van der Waals surface area contributed by atoms with Crippen LogP contribution >= 0.6 is 7.82 Å². The van der Waals surface area contributed by atoms with E-state index in [1.165, 1.54) is 161 Å². The molecule has 420 valence electrons. The number of hydrogen-bond donors (Lipinski definition) is 9. The second-order valence-corrected chi connectivity index (χ2v) is 22.4. The molecule has 0 saturated heterocycles. The van der Waals surface area contributed by atoms with Gasteiger partial charge in [-0.05, 0) is 44.9 Å². The molecule has 0 bridgehead atoms. The first-order chi connectivity index (χ1) is 34.3. The van der Waals surface area contributed by atoms with Gasteiger partial charge in [0.1, 0.15) is 36.6 Å². The van der Waals surface area contributed by atoms with Crippen LogP contribution in [0, 0.1) is 0 Å². The third-order valence-electron chi connectivity index (χ3n) is 14.3. The Morgan fingerprint density at radius 1 is 0.493 bits per heavy atom. The van der Waals surface area contributed by atoms with Gasteiger partial charge in [0.15, 0.2) is 0 Å². The average molecular weight is 1030 g/mol. The molecule has 8 unspecified atom stereocenters. The lowest BCUT2D eigenvalue weighted by atomic mass is 9.85. The van der Waals surface area contributed by atoms with E-state index in [4.69, 9.17) is 9.05 Å². The van der Waals surface area contributed by atoms with Crippen molar-refractivity contribution in [3.63, 3.8) is 0 Å². The number of hydrogen-bond acceptors (Lipinski definition) is 11. The number of nitrogens with one attached hydrogen (secondary N) is 1. The van der Waals surface area contributed by atoms with E-state index >= 15 is 0 Å². The van der Waals surface area contributed by atoms with Crippen LogP contribution < -0.4 is 5.32 Å². The van der Waals surface area contributed by atoms with Gasteiger partial charge in [0.2, 0.25) is 5.91 Å². The van der Waals surface area contributed by atoms with Crippen molar-refractivity contribution >= 4 is 13.7 Å². The summed E-state index contributed by atoms with van der Waals surface area (Å²) in [5.74, 6) is -0.564. The summed E-state index contributed by atoms with van der Waals surface area (Å²) in [6.07, 6.45) is 40.7. The number of amides is 1. The summed E-state index contributed by atoms with van der Waals surface area (Å²) in [7, 11) is -5.13. The van der Waals surface area contributed by atoms with Gasteiger partial charge >= 0.3 is 7.82 Å². The maximum Gasteiger partial charge on any atom is 0.472 e. The number of phosphoric ester groups is 1. The predicted octanol–water partition coefficient (Wildman–Crippen LogP) is 12.3. The zero-order chi connectivity index (χ0) is 52.2. The van der Waals surface area contributed by atoms with E-state index in [1.807, 2.05) is 0 Å². The number of carbonyl (C=O) groups excluding carboxylic acids is 1. The van der Waals surface area contributed by atoms with Gasteiger partial charge in [-0.15, -0.1) is 0 Å². The first-order valence-corrected chi connectivity index (χ1v) is 30.9. The molecule has 0 aromatic carbocycles. The molecule has 0 spiro atoms. The monoisotopic (exact) mass is 1030 g/mol. The Kier molecular flexibility index (Phi) is 44.0. The van der Waals surface area contributed by atoms with Crippen molar-refractivity contribution in [3.05, 3.63) is 24.3 Å². The molecule has 1 aliphatic carbocycles. The van der Waals surface area contributed by atoms with Crippen molar-refractivity contribution in [3.8, 4) is 0 Å². The van der Waals surface area contributed by atoms with Crippen LogP contribution in [-0.2, 0) is 18.4 Å². The minimum absolute atomic E-state index is 0.229. The summed E-state index contributed by atoms with van der Waals surface area (Å²) in [5.41, 5.74) is 0. The normalized spacial score (nSPS) is 21.8. The van der Waals surface area contributed by atoms with Crippen LogP contribution in [0.3, 0.4) is 0 Å². The molecule has 1 aliphatic rings. The highest BCUT2D eigenvalue weighted by Crippen LogP contribution is 2.47. The van der Waals surface area contributed by atoms with E-state index in [0.717, 1.165) is 70.6 Å². The first-order valence-electron chi connectivity index (χ1n) is 29.4. The highest BCUT2D eigenvalue weighted by Gasteiger charge is 2.51. The Labute approximate surface area is 433 Å². The van der Waals surface area contributed by atoms with Crippen LogP contribution in [-0.4, -0.2) is 108 Å². The molecule has 71 heavy (non-hydrogen) atoms. The molecule has 1 amide bonds. The smallest absolute Gasteiger partial charge is 0.393 e. The van der Waals surface area contributed by atoms with Crippen molar-refractivity contribution in [1.82, 2.24) is 5.32 Å². The summed E-state index contributed by atoms with van der Waals surface area (Å²) in [5, 5.41) is 75.1. The number of phosphoric acid groups is 1. The molecule has 9 N–H and O–H groups in total. The quantitative estimate of drug-likeness (QED) is 0.0158. The van der Waals surface area contributed by atoms with E-state index in [0.29, 0.717) is 12.8 Å². The van der Waals surface area contributed by atoms with E-state index in [-0.39, 0.29) is 12.8 Å². The maximum atomic E-state index is 13.1. The van der Waals surface area contributed by atoms with Gasteiger partial charge in [0.25, 0.3) is 0 Å². The molecular weight excluding hydrogens is 922 g/mol. The Morgan fingerprint density at radius 3 is 1.23 bits per heavy atom. The zero-order valence-electron chi connectivity index (χ0n) is 45.2. The largest absolute Gasteiger partial charge is 0.472 e. The Morgan fingerprint density at radius 2 is 0.831 bits per heavy atom. The van der Waals surface area contributed by atoms with Crippen LogP contribution in [0.5, 0.6) is 0 Å². The standard InChI is InChI=1S/C57H110NO12P/c1-3-5-7-9-11-13-15-17-19-21-23-25-26-28-30-32-34-36-38-40-42-44-48(59)46-51(61)58-49(47-69-71(67,68)70-57-55(65)53(63)52(62)54(64)56(57)66)50(60)45-43-41-39-37-35-33-31-29-27-24-22-20-18-16-14-12-10-8-6-4-2/h23,25,28,30,48-50,52-57,59-60,62-66H,3-22,24,26-27,29,31-47H2,1-2H3,(H,58,61)(H,67,68)/b25-23-,30-28-. The van der Waals surface area contributed by atoms with Crippen LogP contribution in [0.25, 0.3) is 0 Å². The van der Waals surface area contributed by atoms with Crippen molar-refractivity contribution in [1.29, 1.82) is 0 Å². The van der Waals surface area contributed by atoms with E-state index in [1.54, 1.807) is 0 Å². The minimum atomic E-state index is -5.13. The fourth-order valence-corrected chi connectivity index (χ4v) is 10.5. The van der Waals surface area contributed by atoms with Crippen molar-refractivity contribution in [2.75, 3.05) is 6.61 Å². The molecule has 1 saturated carbocycles. The maximum absolute atomic E-state index is 13.1. The predicted molar refractivity (Wildman–Crippen MR) is 289 cm³/mol. The van der Waals surface area contributed by atoms with Crippen molar-refractivity contribution < 1.29 is 59.0 Å². The van der Waals surface area contributed by atoms with Gasteiger partial charge in [0, 0.05) is 0 Å². The fraction of sp³-hybridized carbons (Fsp3) is 0.912. The molecular formula is C57H110NO12P. The van der Waals surface area contributed by atoms with Crippen LogP contribution in [0.1, 0.15) is 271 Å². The van der Waals surface area contributed by atoms with Crippen LogP contribution in [0.15, 0.2) is 24.3 Å². The lowest BCUT2D eigenvalue weighted by molar-refractivity contribution is -0.220. The number of aliphatic hydroxyl groups is 7. The van der Waals surface area contributed by atoms with E-state index in [2.05, 4.69) is 43.5 Å². The molecule has 0 aromatic rings. The lowest BCUT2D eigenvalue weighted by Crippen LogP contribution is -2.64. The average Bonchev–Trinajstić information content (AvgIpc) is 3.35. The third-order valence-corrected chi connectivity index (χ3v) is 15.3. The van der Waals surface area contributed by atoms with Gasteiger partial charge in [-0.25, -0.2) is 4.57 Å². The minimum Gasteiger partial charge on any atom is -0.393 e. The molecule has 8 atom stereocenters. The molecule has 1 rings (SSSR count). The summed E-state index contributed by atoms with van der Waals surface area (Å²) in [6, 6.07) is -1.16. The molecule has 0 heterocycles. The topological polar surface area (TPSA) is 226 Å². The van der Waals surface area contributed by atoms with E-state index < -0.39 is 75.2 Å². The van der Waals surface area contributed by atoms with Gasteiger partial charge in [-0.1, -0.05) is 244 Å². The molecule has 0 aliphatic heterocycles. The Bertz CT molecular complexity index is 1310.